The molecule has 1 unspecified atom stereocenters. The Labute approximate surface area is 159 Å². The smallest absolute Gasteiger partial charge is 0.279 e. The normalized spacial score (nSPS) is 12.1. The van der Waals surface area contributed by atoms with Gasteiger partial charge in [-0.15, -0.1) is 11.3 Å². The zero-order chi connectivity index (χ0) is 17.8. The summed E-state index contributed by atoms with van der Waals surface area (Å²) in [4.78, 5) is 18.5. The molecular weight excluding hydrogens is 378 g/mol. The van der Waals surface area contributed by atoms with Crippen LogP contribution >= 0.6 is 35.2 Å². The average Bonchev–Trinajstić information content (AvgIpc) is 3.20. The highest BCUT2D eigenvalue weighted by atomic mass is 35.5. The van der Waals surface area contributed by atoms with E-state index in [1.54, 1.807) is 28.2 Å². The minimum atomic E-state index is -0.116. The Morgan fingerprint density at radius 2 is 2.20 bits per heavy atom. The molecule has 0 aliphatic rings. The number of H-pyrrole nitrogens is 1. The summed E-state index contributed by atoms with van der Waals surface area (Å²) in [6.45, 7) is 0.785. The number of hydrogen-bond acceptors (Lipinski definition) is 4. The molecule has 2 aromatic heterocycles. The second kappa shape index (κ2) is 7.92. The van der Waals surface area contributed by atoms with E-state index in [4.69, 9.17) is 23.8 Å². The van der Waals surface area contributed by atoms with Gasteiger partial charge in [-0.1, -0.05) is 29.8 Å². The fourth-order valence-corrected chi connectivity index (χ4v) is 3.39. The molecule has 0 aliphatic carbocycles. The predicted octanol–water partition coefficient (Wildman–Crippen LogP) is 2.43. The molecule has 2 heterocycles. The lowest BCUT2D eigenvalue weighted by Crippen LogP contribution is -3.09. The lowest BCUT2D eigenvalue weighted by atomic mass is 10.3. The number of nitrogens with one attached hydrogen (secondary N) is 3. The van der Waals surface area contributed by atoms with Gasteiger partial charge in [0.1, 0.15) is 0 Å². The van der Waals surface area contributed by atoms with Crippen molar-refractivity contribution in [3.05, 3.63) is 51.6 Å². The number of thiophene rings is 1. The zero-order valence-electron chi connectivity index (χ0n) is 13.5. The maximum atomic E-state index is 12.2. The third-order valence-electron chi connectivity index (χ3n) is 3.47. The number of benzene rings is 1. The van der Waals surface area contributed by atoms with Crippen LogP contribution in [0.3, 0.4) is 0 Å². The molecule has 3 N–H and O–H groups in total. The van der Waals surface area contributed by atoms with E-state index in [0.717, 1.165) is 15.6 Å². The number of anilines is 1. The fourth-order valence-electron chi connectivity index (χ4n) is 2.34. The van der Waals surface area contributed by atoms with E-state index in [-0.39, 0.29) is 12.5 Å². The van der Waals surface area contributed by atoms with Crippen molar-refractivity contribution in [1.29, 1.82) is 0 Å². The summed E-state index contributed by atoms with van der Waals surface area (Å²) in [6.07, 6.45) is 0. The maximum absolute atomic E-state index is 12.2. The molecule has 0 saturated carbocycles. The van der Waals surface area contributed by atoms with Crippen molar-refractivity contribution >= 4 is 46.8 Å². The van der Waals surface area contributed by atoms with Gasteiger partial charge in [0.25, 0.3) is 5.91 Å². The van der Waals surface area contributed by atoms with Crippen LogP contribution in [-0.4, -0.2) is 34.3 Å². The van der Waals surface area contributed by atoms with Gasteiger partial charge >= 0.3 is 0 Å². The topological polar surface area (TPSA) is 67.2 Å². The Morgan fingerprint density at radius 3 is 2.92 bits per heavy atom. The molecule has 3 rings (SSSR count). The van der Waals surface area contributed by atoms with E-state index < -0.39 is 0 Å². The lowest BCUT2D eigenvalue weighted by Gasteiger charge is -2.14. The minimum absolute atomic E-state index is 0.116. The van der Waals surface area contributed by atoms with Gasteiger partial charge < -0.3 is 10.2 Å². The second-order valence-corrected chi connectivity index (χ2v) is 7.30. The summed E-state index contributed by atoms with van der Waals surface area (Å²) < 4.78 is 2.23. The summed E-state index contributed by atoms with van der Waals surface area (Å²) in [5.74, 6) is 0.628. The van der Waals surface area contributed by atoms with Gasteiger partial charge in [0.15, 0.2) is 19.0 Å². The van der Waals surface area contributed by atoms with Crippen molar-refractivity contribution in [1.82, 2.24) is 14.8 Å². The van der Waals surface area contributed by atoms with Gasteiger partial charge in [-0.05, 0) is 35.8 Å². The molecule has 9 heteroatoms. The molecule has 130 valence electrons. The molecule has 0 aliphatic heterocycles. The standard InChI is InChI=1S/C16H16ClN5OS2/c1-21(9-14(23)18-12-6-3-2-5-11(12)17)10-22-16(24)19-15(20-22)13-7-4-8-25-13/h2-8H,9-10H2,1H3,(H,18,23)(H,19,20,24)/p+1. The summed E-state index contributed by atoms with van der Waals surface area (Å²) in [5, 5.41) is 8.51. The molecule has 1 atom stereocenters. The molecule has 0 radical (unpaired) electrons. The van der Waals surface area contributed by atoms with E-state index >= 15 is 0 Å². The van der Waals surface area contributed by atoms with Gasteiger partial charge in [-0.2, -0.15) is 4.98 Å². The third-order valence-corrected chi connectivity index (χ3v) is 4.99. The quantitative estimate of drug-likeness (QED) is 0.562. The van der Waals surface area contributed by atoms with Crippen molar-refractivity contribution in [2.24, 2.45) is 0 Å². The number of carbonyl (C=O) groups is 1. The molecule has 3 aromatic rings. The van der Waals surface area contributed by atoms with Gasteiger partial charge in [0, 0.05) is 0 Å². The Morgan fingerprint density at radius 1 is 1.40 bits per heavy atom. The van der Waals surface area contributed by atoms with Crippen molar-refractivity contribution in [3.63, 3.8) is 0 Å². The lowest BCUT2D eigenvalue weighted by molar-refractivity contribution is -0.895. The van der Waals surface area contributed by atoms with E-state index in [9.17, 15) is 4.79 Å². The van der Waals surface area contributed by atoms with E-state index in [1.165, 1.54) is 0 Å². The summed E-state index contributed by atoms with van der Waals surface area (Å²) in [5.41, 5.74) is 0.611. The molecule has 0 saturated heterocycles. The first-order chi connectivity index (χ1) is 12.0. The molecule has 1 aromatic carbocycles. The third kappa shape index (κ3) is 4.55. The maximum Gasteiger partial charge on any atom is 0.279 e. The van der Waals surface area contributed by atoms with Crippen molar-refractivity contribution in [2.75, 3.05) is 18.9 Å². The summed E-state index contributed by atoms with van der Waals surface area (Å²) >= 11 is 12.9. The van der Waals surface area contributed by atoms with Crippen LogP contribution in [0.2, 0.25) is 5.02 Å². The van der Waals surface area contributed by atoms with Gasteiger partial charge in [0.05, 0.1) is 22.6 Å². The molecule has 1 amide bonds. The number of quaternary nitrogens is 1. The van der Waals surface area contributed by atoms with Gasteiger partial charge in [0.2, 0.25) is 4.77 Å². The van der Waals surface area contributed by atoms with Crippen LogP contribution < -0.4 is 10.2 Å². The highest BCUT2D eigenvalue weighted by Gasteiger charge is 2.14. The SMILES string of the molecule is C[NH+](CC(=O)Nc1ccccc1Cl)Cn1[nH]c(-c2cccs2)nc1=S. The van der Waals surface area contributed by atoms with Crippen LogP contribution in [0, 0.1) is 4.77 Å². The highest BCUT2D eigenvalue weighted by Crippen LogP contribution is 2.21. The number of carbonyl (C=O) groups excluding carboxylic acids is 1. The van der Waals surface area contributed by atoms with E-state index in [1.807, 2.05) is 36.7 Å². The first-order valence-corrected chi connectivity index (χ1v) is 9.26. The van der Waals surface area contributed by atoms with Crippen LogP contribution in [0.5, 0.6) is 0 Å². The Bertz CT molecular complexity index is 919. The van der Waals surface area contributed by atoms with E-state index in [2.05, 4.69) is 15.4 Å². The Kier molecular flexibility index (Phi) is 5.64. The molecule has 25 heavy (non-hydrogen) atoms. The van der Waals surface area contributed by atoms with Crippen LogP contribution in [0.1, 0.15) is 0 Å². The zero-order valence-corrected chi connectivity index (χ0v) is 15.8. The average molecular weight is 395 g/mol. The Balaban J connectivity index is 1.61. The van der Waals surface area contributed by atoms with Crippen LogP contribution in [-0.2, 0) is 11.5 Å². The Hall–Kier alpha value is -2.00. The van der Waals surface area contributed by atoms with Crippen LogP contribution in [0.15, 0.2) is 41.8 Å². The van der Waals surface area contributed by atoms with Crippen LogP contribution in [0.4, 0.5) is 5.69 Å². The summed E-state index contributed by atoms with van der Waals surface area (Å²) in [6, 6.07) is 11.1. The van der Waals surface area contributed by atoms with Gasteiger partial charge in [-0.3, -0.25) is 9.89 Å². The fraction of sp³-hybridized carbons (Fsp3) is 0.188. The molecule has 6 nitrogen and oxygen atoms in total. The number of aromatic amines is 1. The molecular formula is C16H17ClN5OS2+. The first-order valence-electron chi connectivity index (χ1n) is 7.59. The molecule has 0 fully saturated rings. The first kappa shape index (κ1) is 17.8. The highest BCUT2D eigenvalue weighted by molar-refractivity contribution is 7.71. The van der Waals surface area contributed by atoms with Crippen molar-refractivity contribution in [3.8, 4) is 10.7 Å². The number of nitrogens with zero attached hydrogens (tertiary/aromatic N) is 2. The number of para-hydroxylation sites is 1. The number of hydrogen-bond donors (Lipinski definition) is 3. The number of amides is 1. The minimum Gasteiger partial charge on any atom is -0.320 e. The predicted molar refractivity (Wildman–Crippen MR) is 103 cm³/mol. The number of rotatable bonds is 6. The summed E-state index contributed by atoms with van der Waals surface area (Å²) in [7, 11) is 1.92. The number of halogens is 1. The monoisotopic (exact) mass is 394 g/mol. The molecule has 0 spiro atoms. The second-order valence-electron chi connectivity index (χ2n) is 5.58. The van der Waals surface area contributed by atoms with Crippen LogP contribution in [0.25, 0.3) is 10.7 Å². The largest absolute Gasteiger partial charge is 0.320 e. The number of aromatic nitrogens is 3. The van der Waals surface area contributed by atoms with Crippen molar-refractivity contribution < 1.29 is 9.69 Å². The van der Waals surface area contributed by atoms with E-state index in [0.29, 0.717) is 22.1 Å². The van der Waals surface area contributed by atoms with Crippen molar-refractivity contribution in [2.45, 2.75) is 6.67 Å². The number of likely N-dealkylation sites (N-methyl/N-ethyl adjacent to an activating group) is 1. The van der Waals surface area contributed by atoms with Gasteiger partial charge in [-0.25, -0.2) is 4.68 Å². The molecule has 0 bridgehead atoms.